The maximum Gasteiger partial charge on any atom is 0.127 e. The lowest BCUT2D eigenvalue weighted by atomic mass is 9.86. The summed E-state index contributed by atoms with van der Waals surface area (Å²) in [6, 6.07) is 16.3. The second-order valence-electron chi connectivity index (χ2n) is 6.77. The average molecular weight is 282 g/mol. The highest BCUT2D eigenvalue weighted by molar-refractivity contribution is 5.39. The van der Waals surface area contributed by atoms with Gasteiger partial charge in [0.05, 0.1) is 6.10 Å². The van der Waals surface area contributed by atoms with E-state index in [0.29, 0.717) is 6.42 Å². The molecule has 0 amide bonds. The molecule has 0 saturated carbocycles. The molecule has 0 fully saturated rings. The molecule has 0 aliphatic carbocycles. The highest BCUT2D eigenvalue weighted by Gasteiger charge is 2.27. The summed E-state index contributed by atoms with van der Waals surface area (Å²) in [6.07, 6.45) is 0.0671. The van der Waals surface area contributed by atoms with Crippen molar-refractivity contribution in [1.82, 2.24) is 0 Å². The highest BCUT2D eigenvalue weighted by atomic mass is 16.5. The third-order valence-corrected chi connectivity index (χ3v) is 4.13. The Bertz CT molecular complexity index is 623. The lowest BCUT2D eigenvalue weighted by molar-refractivity contribution is 0.0657. The van der Waals surface area contributed by atoms with E-state index < -0.39 is 6.10 Å². The van der Waals surface area contributed by atoms with Gasteiger partial charge in [0.1, 0.15) is 11.9 Å². The van der Waals surface area contributed by atoms with Crippen molar-refractivity contribution in [1.29, 1.82) is 0 Å². The van der Waals surface area contributed by atoms with E-state index in [2.05, 4.69) is 45.0 Å². The van der Waals surface area contributed by atoms with Gasteiger partial charge in [-0.25, -0.2) is 0 Å². The SMILES string of the molecule is CC(C)(C)c1ccc(C2C[C@@H](O)c3ccccc3O2)cc1. The maximum absolute atomic E-state index is 10.3. The molecular formula is C19H22O2. The van der Waals surface area contributed by atoms with Crippen LogP contribution in [0, 0.1) is 0 Å². The van der Waals surface area contributed by atoms with E-state index in [9.17, 15) is 5.11 Å². The third-order valence-electron chi connectivity index (χ3n) is 4.13. The molecule has 1 heterocycles. The minimum absolute atomic E-state index is 0.0797. The van der Waals surface area contributed by atoms with E-state index in [1.165, 1.54) is 5.56 Å². The van der Waals surface area contributed by atoms with Crippen molar-refractivity contribution in [2.45, 2.75) is 44.8 Å². The van der Waals surface area contributed by atoms with Crippen molar-refractivity contribution in [3.63, 3.8) is 0 Å². The Morgan fingerprint density at radius 3 is 2.33 bits per heavy atom. The molecular weight excluding hydrogens is 260 g/mol. The average Bonchev–Trinajstić information content (AvgIpc) is 2.46. The van der Waals surface area contributed by atoms with Gasteiger partial charge in [-0.2, -0.15) is 0 Å². The van der Waals surface area contributed by atoms with Crippen molar-refractivity contribution in [2.75, 3.05) is 0 Å². The van der Waals surface area contributed by atoms with Crippen LogP contribution in [0.2, 0.25) is 0 Å². The molecule has 1 aliphatic rings. The Hall–Kier alpha value is -1.80. The van der Waals surface area contributed by atoms with E-state index >= 15 is 0 Å². The Morgan fingerprint density at radius 1 is 1.00 bits per heavy atom. The Labute approximate surface area is 126 Å². The molecule has 2 nitrogen and oxygen atoms in total. The van der Waals surface area contributed by atoms with Gasteiger partial charge < -0.3 is 9.84 Å². The summed E-state index contributed by atoms with van der Waals surface area (Å²) in [5.41, 5.74) is 3.47. The summed E-state index contributed by atoms with van der Waals surface area (Å²) in [6.45, 7) is 6.62. The molecule has 1 N–H and O–H groups in total. The summed E-state index contributed by atoms with van der Waals surface area (Å²) in [5.74, 6) is 0.793. The number of rotatable bonds is 1. The molecule has 1 aliphatic heterocycles. The zero-order valence-electron chi connectivity index (χ0n) is 12.8. The first-order valence-corrected chi connectivity index (χ1v) is 7.49. The molecule has 1 unspecified atom stereocenters. The number of aliphatic hydroxyl groups excluding tert-OH is 1. The van der Waals surface area contributed by atoms with Crippen LogP contribution in [0.1, 0.15) is 56.1 Å². The van der Waals surface area contributed by atoms with E-state index in [4.69, 9.17) is 4.74 Å². The van der Waals surface area contributed by atoms with Crippen LogP contribution in [-0.4, -0.2) is 5.11 Å². The normalized spacial score (nSPS) is 21.5. The fraction of sp³-hybridized carbons (Fsp3) is 0.368. The Kier molecular flexibility index (Phi) is 3.50. The fourth-order valence-electron chi connectivity index (χ4n) is 2.80. The van der Waals surface area contributed by atoms with Crippen molar-refractivity contribution >= 4 is 0 Å². The highest BCUT2D eigenvalue weighted by Crippen LogP contribution is 2.40. The minimum atomic E-state index is -0.456. The molecule has 0 spiro atoms. The molecule has 0 saturated heterocycles. The Balaban J connectivity index is 1.86. The molecule has 2 aromatic carbocycles. The topological polar surface area (TPSA) is 29.5 Å². The van der Waals surface area contributed by atoms with Crippen LogP contribution in [0.4, 0.5) is 0 Å². The number of para-hydroxylation sites is 1. The van der Waals surface area contributed by atoms with Gasteiger partial charge in [-0.3, -0.25) is 0 Å². The molecule has 2 atom stereocenters. The molecule has 2 aromatic rings. The van der Waals surface area contributed by atoms with Crippen molar-refractivity contribution in [2.24, 2.45) is 0 Å². The van der Waals surface area contributed by atoms with Gasteiger partial charge in [0.25, 0.3) is 0 Å². The number of benzene rings is 2. The molecule has 2 heteroatoms. The van der Waals surface area contributed by atoms with Crippen molar-refractivity contribution < 1.29 is 9.84 Å². The van der Waals surface area contributed by atoms with Gasteiger partial charge >= 0.3 is 0 Å². The van der Waals surface area contributed by atoms with Crippen LogP contribution < -0.4 is 4.74 Å². The summed E-state index contributed by atoms with van der Waals surface area (Å²) >= 11 is 0. The van der Waals surface area contributed by atoms with Crippen LogP contribution in [0.5, 0.6) is 5.75 Å². The second kappa shape index (κ2) is 5.19. The molecule has 0 radical (unpaired) electrons. The van der Waals surface area contributed by atoms with E-state index in [1.54, 1.807) is 0 Å². The zero-order valence-corrected chi connectivity index (χ0v) is 12.8. The third kappa shape index (κ3) is 2.81. The number of hydrogen-bond acceptors (Lipinski definition) is 2. The van der Waals surface area contributed by atoms with Gasteiger partial charge in [0, 0.05) is 12.0 Å². The summed E-state index contributed by atoms with van der Waals surface area (Å²) in [5, 5.41) is 10.3. The van der Waals surface area contributed by atoms with Gasteiger partial charge in [-0.15, -0.1) is 0 Å². The van der Waals surface area contributed by atoms with Gasteiger partial charge in [0.15, 0.2) is 0 Å². The first kappa shape index (κ1) is 14.2. The van der Waals surface area contributed by atoms with Gasteiger partial charge in [-0.1, -0.05) is 63.2 Å². The van der Waals surface area contributed by atoms with Crippen LogP contribution in [0.3, 0.4) is 0 Å². The smallest absolute Gasteiger partial charge is 0.127 e. The van der Waals surface area contributed by atoms with Crippen LogP contribution in [0.25, 0.3) is 0 Å². The van der Waals surface area contributed by atoms with E-state index in [1.807, 2.05) is 24.3 Å². The molecule has 110 valence electrons. The van der Waals surface area contributed by atoms with Crippen LogP contribution in [-0.2, 0) is 5.41 Å². The lowest BCUT2D eigenvalue weighted by Gasteiger charge is -2.30. The molecule has 0 aromatic heterocycles. The predicted octanol–water partition coefficient (Wildman–Crippen LogP) is 4.54. The summed E-state index contributed by atoms with van der Waals surface area (Å²) in [7, 11) is 0. The number of aliphatic hydroxyl groups is 1. The monoisotopic (exact) mass is 282 g/mol. The maximum atomic E-state index is 10.3. The minimum Gasteiger partial charge on any atom is -0.485 e. The predicted molar refractivity (Wildman–Crippen MR) is 84.5 cm³/mol. The molecule has 3 rings (SSSR count). The first-order chi connectivity index (χ1) is 9.95. The van der Waals surface area contributed by atoms with Crippen molar-refractivity contribution in [3.8, 4) is 5.75 Å². The number of fused-ring (bicyclic) bond motifs is 1. The standard InChI is InChI=1S/C19H22O2/c1-19(2,3)14-10-8-13(9-11-14)18-12-16(20)15-6-4-5-7-17(15)21-18/h4-11,16,18,20H,12H2,1-3H3/t16-,18?/m1/s1. The van der Waals surface area contributed by atoms with E-state index in [0.717, 1.165) is 16.9 Å². The van der Waals surface area contributed by atoms with Gasteiger partial charge in [-0.05, 0) is 22.6 Å². The van der Waals surface area contributed by atoms with Crippen LogP contribution in [0.15, 0.2) is 48.5 Å². The lowest BCUT2D eigenvalue weighted by Crippen LogP contribution is -2.19. The largest absolute Gasteiger partial charge is 0.485 e. The fourth-order valence-corrected chi connectivity index (χ4v) is 2.80. The quantitative estimate of drug-likeness (QED) is 0.832. The van der Waals surface area contributed by atoms with E-state index in [-0.39, 0.29) is 11.5 Å². The van der Waals surface area contributed by atoms with Crippen molar-refractivity contribution in [3.05, 3.63) is 65.2 Å². The number of hydrogen-bond donors (Lipinski definition) is 1. The first-order valence-electron chi connectivity index (χ1n) is 7.49. The summed E-state index contributed by atoms with van der Waals surface area (Å²) < 4.78 is 6.05. The summed E-state index contributed by atoms with van der Waals surface area (Å²) in [4.78, 5) is 0. The molecule has 0 bridgehead atoms. The second-order valence-corrected chi connectivity index (χ2v) is 6.77. The number of ether oxygens (including phenoxy) is 1. The van der Waals surface area contributed by atoms with Gasteiger partial charge in [0.2, 0.25) is 0 Å². The van der Waals surface area contributed by atoms with Crippen LogP contribution >= 0.6 is 0 Å². The Morgan fingerprint density at radius 2 is 1.67 bits per heavy atom. The molecule has 21 heavy (non-hydrogen) atoms. The zero-order chi connectivity index (χ0) is 15.0.